The second-order valence-electron chi connectivity index (χ2n) is 9.21. The Kier molecular flexibility index (Phi) is 7.56. The van der Waals surface area contributed by atoms with Crippen LogP contribution in [0.1, 0.15) is 39.5 Å². The van der Waals surface area contributed by atoms with Crippen LogP contribution in [0.5, 0.6) is 0 Å². The Morgan fingerprint density at radius 3 is 2.53 bits per heavy atom. The van der Waals surface area contributed by atoms with Gasteiger partial charge >= 0.3 is 0 Å². The van der Waals surface area contributed by atoms with Crippen LogP contribution in [0.15, 0.2) is 35.4 Å². The maximum Gasteiger partial charge on any atom is 0.192 e. The number of hydrogen-bond acceptors (Lipinski definition) is 6. The topological polar surface area (TPSA) is 85.7 Å². The van der Waals surface area contributed by atoms with Gasteiger partial charge in [-0.2, -0.15) is 0 Å². The predicted molar refractivity (Wildman–Crippen MR) is 122 cm³/mol. The van der Waals surface area contributed by atoms with Gasteiger partial charge in [0.2, 0.25) is 0 Å². The maximum atomic E-state index is 9.29. The molecule has 3 rings (SSSR count). The lowest BCUT2D eigenvalue weighted by Gasteiger charge is -2.51. The van der Waals surface area contributed by atoms with E-state index in [-0.39, 0.29) is 28.8 Å². The third kappa shape index (κ3) is 5.04. The molecule has 0 saturated carbocycles. The number of thioether (sulfide) groups is 1. The third-order valence-electron chi connectivity index (χ3n) is 6.13. The Bertz CT molecular complexity index is 754. The molecule has 0 N–H and O–H groups in total. The molecule has 1 aromatic rings. The van der Waals surface area contributed by atoms with Gasteiger partial charge in [0.05, 0.1) is 12.7 Å². The van der Waals surface area contributed by atoms with Gasteiger partial charge in [0.1, 0.15) is 23.7 Å². The number of hydrogen-bond donors (Lipinski definition) is 0. The zero-order valence-corrected chi connectivity index (χ0v) is 20.5. The summed E-state index contributed by atoms with van der Waals surface area (Å²) in [6, 6.07) is 9.40. The van der Waals surface area contributed by atoms with Gasteiger partial charge in [0.25, 0.3) is 0 Å². The van der Waals surface area contributed by atoms with E-state index in [1.54, 1.807) is 11.8 Å². The van der Waals surface area contributed by atoms with E-state index < -0.39 is 20.6 Å². The second-order valence-corrected chi connectivity index (χ2v) is 15.3. The largest absolute Gasteiger partial charge is 0.411 e. The number of benzene rings is 1. The Balaban J connectivity index is 1.94. The summed E-state index contributed by atoms with van der Waals surface area (Å²) in [6.45, 7) is 13.5. The van der Waals surface area contributed by atoms with Crippen LogP contribution in [0.3, 0.4) is 0 Å². The van der Waals surface area contributed by atoms with E-state index >= 15 is 0 Å². The average Bonchev–Trinajstić information content (AvgIpc) is 2.70. The van der Waals surface area contributed by atoms with Gasteiger partial charge in [-0.15, -0.1) is 11.8 Å². The molecule has 2 saturated heterocycles. The monoisotopic (exact) mass is 451 g/mol. The highest BCUT2D eigenvalue weighted by Crippen LogP contribution is 2.44. The summed E-state index contributed by atoms with van der Waals surface area (Å²) in [6.07, 6.45) is -1.53. The molecule has 0 aromatic heterocycles. The van der Waals surface area contributed by atoms with Crippen molar-refractivity contribution in [1.82, 2.24) is 0 Å². The fourth-order valence-electron chi connectivity index (χ4n) is 3.48. The van der Waals surface area contributed by atoms with Crippen LogP contribution in [0.25, 0.3) is 10.4 Å². The van der Waals surface area contributed by atoms with Crippen LogP contribution in [-0.2, 0) is 18.6 Å². The van der Waals surface area contributed by atoms with E-state index in [4.69, 9.17) is 18.6 Å². The number of ether oxygens (including phenoxy) is 3. The first kappa shape index (κ1) is 23.6. The molecule has 2 aliphatic rings. The van der Waals surface area contributed by atoms with E-state index in [2.05, 4.69) is 50.8 Å². The van der Waals surface area contributed by atoms with Crippen LogP contribution >= 0.6 is 11.8 Å². The minimum Gasteiger partial charge on any atom is -0.411 e. The molecule has 2 heterocycles. The number of azide groups is 1. The maximum absolute atomic E-state index is 9.29. The summed E-state index contributed by atoms with van der Waals surface area (Å²) in [5.74, 6) is 0.848. The third-order valence-corrected chi connectivity index (χ3v) is 11.7. The first-order valence-electron chi connectivity index (χ1n) is 10.5. The molecule has 0 bridgehead atoms. The summed E-state index contributed by atoms with van der Waals surface area (Å²) in [5, 5.41) is 4.14. The highest BCUT2D eigenvalue weighted by atomic mass is 32.2. The Hall–Kier alpha value is -1.06. The normalized spacial score (nSPS) is 32.2. The van der Waals surface area contributed by atoms with Crippen LogP contribution in [0, 0.1) is 0 Å². The Morgan fingerprint density at radius 2 is 1.93 bits per heavy atom. The standard InChI is InChI=1S/C21H33N3O4SSi/c1-7-29-20-16(23-24-22)18(28-30(5,6)21(2,3)4)17-15(26-20)13-25-19(27-17)14-11-9-8-10-12-14/h8-12,15-20H,7,13H2,1-6H3/t15-,16-,17+,18-,19+,20+/m1/s1. The minimum absolute atomic E-state index is 0.0130. The van der Waals surface area contributed by atoms with Gasteiger partial charge in [-0.25, -0.2) is 0 Å². The molecule has 2 fully saturated rings. The van der Waals surface area contributed by atoms with E-state index in [0.29, 0.717) is 6.61 Å². The molecular weight excluding hydrogens is 418 g/mol. The van der Waals surface area contributed by atoms with Crippen molar-refractivity contribution in [2.24, 2.45) is 5.11 Å². The smallest absolute Gasteiger partial charge is 0.192 e. The zero-order valence-electron chi connectivity index (χ0n) is 18.6. The molecule has 2 aliphatic heterocycles. The minimum atomic E-state index is -2.16. The SMILES string of the molecule is CCS[C@@H]1O[C@@H]2CO[C@H](c3ccccc3)O[C@@H]2[C@H](O[Si](C)(C)C(C)(C)C)[C@H]1N=[N+]=[N-]. The number of rotatable bonds is 6. The van der Waals surface area contributed by atoms with E-state index in [1.807, 2.05) is 30.3 Å². The molecule has 0 spiro atoms. The Morgan fingerprint density at radius 1 is 1.23 bits per heavy atom. The van der Waals surface area contributed by atoms with Gasteiger partial charge in [-0.1, -0.05) is 63.1 Å². The molecule has 9 heteroatoms. The van der Waals surface area contributed by atoms with E-state index in [0.717, 1.165) is 11.3 Å². The van der Waals surface area contributed by atoms with Crippen molar-refractivity contribution >= 4 is 20.1 Å². The van der Waals surface area contributed by atoms with Crippen molar-refractivity contribution in [3.63, 3.8) is 0 Å². The molecule has 0 radical (unpaired) electrons. The lowest BCUT2D eigenvalue weighted by Crippen LogP contribution is -2.64. The van der Waals surface area contributed by atoms with Gasteiger partial charge in [-0.05, 0) is 29.4 Å². The second kappa shape index (κ2) is 9.61. The van der Waals surface area contributed by atoms with Crippen LogP contribution < -0.4 is 0 Å². The highest BCUT2D eigenvalue weighted by molar-refractivity contribution is 7.99. The van der Waals surface area contributed by atoms with Crippen LogP contribution in [0.2, 0.25) is 18.1 Å². The molecule has 1 aromatic carbocycles. The molecular formula is C21H33N3O4SSi. The summed E-state index contributed by atoms with van der Waals surface area (Å²) >= 11 is 1.63. The fraction of sp³-hybridized carbons (Fsp3) is 0.714. The lowest BCUT2D eigenvalue weighted by atomic mass is 9.97. The van der Waals surface area contributed by atoms with E-state index in [9.17, 15) is 5.53 Å². The highest BCUT2D eigenvalue weighted by Gasteiger charge is 2.53. The quantitative estimate of drug-likeness (QED) is 0.241. The Labute approximate surface area is 184 Å². The average molecular weight is 452 g/mol. The molecule has 0 aliphatic carbocycles. The lowest BCUT2D eigenvalue weighted by molar-refractivity contribution is -0.303. The van der Waals surface area contributed by atoms with Crippen molar-refractivity contribution in [3.8, 4) is 0 Å². The van der Waals surface area contributed by atoms with E-state index in [1.165, 1.54) is 0 Å². The molecule has 0 amide bonds. The van der Waals surface area contributed by atoms with Crippen molar-refractivity contribution in [3.05, 3.63) is 46.3 Å². The van der Waals surface area contributed by atoms with Crippen molar-refractivity contribution in [2.75, 3.05) is 12.4 Å². The molecule has 0 unspecified atom stereocenters. The van der Waals surface area contributed by atoms with Gasteiger partial charge in [0.15, 0.2) is 14.6 Å². The molecule has 166 valence electrons. The summed E-state index contributed by atoms with van der Waals surface area (Å²) < 4.78 is 25.5. The predicted octanol–water partition coefficient (Wildman–Crippen LogP) is 5.65. The van der Waals surface area contributed by atoms with Crippen LogP contribution in [-0.4, -0.2) is 50.5 Å². The molecule has 7 nitrogen and oxygen atoms in total. The summed E-state index contributed by atoms with van der Waals surface area (Å²) in [5.41, 5.74) is 9.95. The van der Waals surface area contributed by atoms with Crippen molar-refractivity contribution in [2.45, 2.75) is 81.9 Å². The zero-order chi connectivity index (χ0) is 21.9. The molecule has 6 atom stereocenters. The van der Waals surface area contributed by atoms with Crippen LogP contribution in [0.4, 0.5) is 0 Å². The fourth-order valence-corrected chi connectivity index (χ4v) is 5.74. The number of nitrogens with zero attached hydrogens (tertiary/aromatic N) is 3. The number of fused-ring (bicyclic) bond motifs is 1. The van der Waals surface area contributed by atoms with Crippen molar-refractivity contribution < 1.29 is 18.6 Å². The summed E-state index contributed by atoms with van der Waals surface area (Å²) in [4.78, 5) is 3.13. The van der Waals surface area contributed by atoms with Gasteiger partial charge < -0.3 is 18.6 Å². The van der Waals surface area contributed by atoms with Gasteiger partial charge in [-0.3, -0.25) is 0 Å². The van der Waals surface area contributed by atoms with Crippen molar-refractivity contribution in [1.29, 1.82) is 0 Å². The first-order chi connectivity index (χ1) is 14.2. The summed E-state index contributed by atoms with van der Waals surface area (Å²) in [7, 11) is -2.16. The van der Waals surface area contributed by atoms with Gasteiger partial charge in [0, 0.05) is 10.5 Å². The molecule has 30 heavy (non-hydrogen) atoms. The first-order valence-corrected chi connectivity index (χ1v) is 14.4.